The zero-order valence-electron chi connectivity index (χ0n) is 6.90. The second kappa shape index (κ2) is 4.31. The van der Waals surface area contributed by atoms with Crippen molar-refractivity contribution >= 4 is 6.21 Å². The first kappa shape index (κ1) is 8.50. The number of ether oxygens (including phenoxy) is 1. The largest absolute Gasteiger partial charge is 0.497 e. The van der Waals surface area contributed by atoms with Crippen molar-refractivity contribution in [3.8, 4) is 5.75 Å². The summed E-state index contributed by atoms with van der Waals surface area (Å²) >= 11 is 0. The van der Waals surface area contributed by atoms with Crippen LogP contribution < -0.4 is 4.74 Å². The molecule has 3 heteroatoms. The average Bonchev–Trinajstić information content (AvgIpc) is 2.15. The van der Waals surface area contributed by atoms with Crippen LogP contribution in [0.25, 0.3) is 5.53 Å². The second-order valence-electron chi connectivity index (χ2n) is 2.35. The molecule has 0 unspecified atom stereocenters. The van der Waals surface area contributed by atoms with Crippen LogP contribution in [0.3, 0.4) is 0 Å². The van der Waals surface area contributed by atoms with Gasteiger partial charge < -0.3 is 10.3 Å². The van der Waals surface area contributed by atoms with Crippen molar-refractivity contribution in [3.05, 3.63) is 35.4 Å². The second-order valence-corrected chi connectivity index (χ2v) is 2.35. The Bertz CT molecular complexity index is 286. The van der Waals surface area contributed by atoms with Crippen LogP contribution in [0.15, 0.2) is 24.3 Å². The molecule has 3 nitrogen and oxygen atoms in total. The fourth-order valence-electron chi connectivity index (χ4n) is 0.908. The van der Waals surface area contributed by atoms with Gasteiger partial charge >= 0.3 is 0 Å². The minimum atomic E-state index is 0.639. The zero-order chi connectivity index (χ0) is 8.81. The van der Waals surface area contributed by atoms with Gasteiger partial charge in [0, 0.05) is 0 Å². The Balaban J connectivity index is 2.70. The fraction of sp³-hybridized carbons (Fsp3) is 0.222. The van der Waals surface area contributed by atoms with E-state index < -0.39 is 0 Å². The highest BCUT2D eigenvalue weighted by Crippen LogP contribution is 2.10. The Morgan fingerprint density at radius 1 is 1.42 bits per heavy atom. The van der Waals surface area contributed by atoms with E-state index in [9.17, 15) is 0 Å². The van der Waals surface area contributed by atoms with Gasteiger partial charge in [0.25, 0.3) is 6.21 Å². The maximum Gasteiger partial charge on any atom is 0.261 e. The number of benzene rings is 1. The van der Waals surface area contributed by atoms with Gasteiger partial charge in [-0.25, -0.2) is 0 Å². The molecule has 1 aromatic carbocycles. The molecule has 0 aliphatic rings. The fourth-order valence-corrected chi connectivity index (χ4v) is 0.908. The summed E-state index contributed by atoms with van der Waals surface area (Å²) < 4.78 is 4.99. The highest BCUT2D eigenvalue weighted by Gasteiger charge is 1.93. The van der Waals surface area contributed by atoms with Gasteiger partial charge in [-0.15, -0.1) is 0 Å². The van der Waals surface area contributed by atoms with Crippen LogP contribution in [0.2, 0.25) is 0 Å². The molecule has 0 heterocycles. The molecule has 0 spiro atoms. The van der Waals surface area contributed by atoms with Crippen LogP contribution in [-0.4, -0.2) is 18.1 Å². The number of hydrogen-bond acceptors (Lipinski definition) is 1. The molecule has 0 saturated heterocycles. The topological polar surface area (TPSA) is 45.6 Å². The van der Waals surface area contributed by atoms with Crippen molar-refractivity contribution < 1.29 is 9.53 Å². The van der Waals surface area contributed by atoms with Gasteiger partial charge in [-0.2, -0.15) is 4.79 Å². The Morgan fingerprint density at radius 3 is 2.58 bits per heavy atom. The van der Waals surface area contributed by atoms with Crippen molar-refractivity contribution in [1.82, 2.24) is 0 Å². The third kappa shape index (κ3) is 2.22. The maximum atomic E-state index is 8.17. The molecule has 0 saturated carbocycles. The standard InChI is InChI=1S/C9H10N2O/c1-12-9-4-2-8(3-5-9)6-7-11-10/h2-5,7H,6H2,1H3. The summed E-state index contributed by atoms with van der Waals surface area (Å²) in [5.41, 5.74) is 9.26. The van der Waals surface area contributed by atoms with Gasteiger partial charge in [-0.05, 0) is 17.7 Å². The van der Waals surface area contributed by atoms with E-state index in [2.05, 4.69) is 4.79 Å². The highest BCUT2D eigenvalue weighted by molar-refractivity contribution is 5.55. The van der Waals surface area contributed by atoms with Crippen LogP contribution in [-0.2, 0) is 6.42 Å². The zero-order valence-corrected chi connectivity index (χ0v) is 6.90. The summed E-state index contributed by atoms with van der Waals surface area (Å²) in [5, 5.41) is 0. The molecule has 0 bridgehead atoms. The van der Waals surface area contributed by atoms with E-state index in [0.29, 0.717) is 6.42 Å². The minimum absolute atomic E-state index is 0.639. The summed E-state index contributed by atoms with van der Waals surface area (Å²) in [6.07, 6.45) is 2.09. The SMILES string of the molecule is COc1ccc(CC=[N+]=[N-])cc1. The molecule has 0 N–H and O–H groups in total. The first-order valence-corrected chi connectivity index (χ1v) is 3.65. The minimum Gasteiger partial charge on any atom is -0.497 e. The van der Waals surface area contributed by atoms with Crippen molar-refractivity contribution in [1.29, 1.82) is 0 Å². The molecule has 62 valence electrons. The van der Waals surface area contributed by atoms with Gasteiger partial charge in [0.1, 0.15) is 5.75 Å². The molecule has 0 fully saturated rings. The molecule has 1 rings (SSSR count). The molecular weight excluding hydrogens is 152 g/mol. The third-order valence-electron chi connectivity index (χ3n) is 1.57. The average molecular weight is 162 g/mol. The smallest absolute Gasteiger partial charge is 0.261 e. The van der Waals surface area contributed by atoms with Crippen molar-refractivity contribution in [2.45, 2.75) is 6.42 Å². The van der Waals surface area contributed by atoms with Crippen LogP contribution >= 0.6 is 0 Å². The normalized spacial score (nSPS) is 8.75. The van der Waals surface area contributed by atoms with Gasteiger partial charge in [0.05, 0.1) is 13.5 Å². The summed E-state index contributed by atoms with van der Waals surface area (Å²) in [6, 6.07) is 7.61. The number of nitrogens with zero attached hydrogens (tertiary/aromatic N) is 2. The quantitative estimate of drug-likeness (QED) is 0.377. The first-order chi connectivity index (χ1) is 5.86. The Hall–Kier alpha value is -1.60. The molecular formula is C9H10N2O. The van der Waals surface area contributed by atoms with Crippen LogP contribution in [0.1, 0.15) is 5.56 Å². The molecule has 0 atom stereocenters. The predicted molar refractivity (Wildman–Crippen MR) is 46.4 cm³/mol. The Kier molecular flexibility index (Phi) is 3.05. The summed E-state index contributed by atoms with van der Waals surface area (Å²) in [4.78, 5) is 2.92. The van der Waals surface area contributed by atoms with E-state index in [1.807, 2.05) is 24.3 Å². The molecule has 0 radical (unpaired) electrons. The van der Waals surface area contributed by atoms with Gasteiger partial charge in [-0.3, -0.25) is 0 Å². The van der Waals surface area contributed by atoms with Crippen molar-refractivity contribution in [2.24, 2.45) is 0 Å². The van der Waals surface area contributed by atoms with E-state index in [4.69, 9.17) is 10.3 Å². The molecule has 0 aromatic heterocycles. The molecule has 0 aliphatic carbocycles. The molecule has 12 heavy (non-hydrogen) atoms. The lowest BCUT2D eigenvalue weighted by molar-refractivity contribution is 0.00157. The number of hydrogen-bond donors (Lipinski definition) is 0. The lowest BCUT2D eigenvalue weighted by Gasteiger charge is -1.98. The van der Waals surface area contributed by atoms with E-state index in [1.54, 1.807) is 7.11 Å². The predicted octanol–water partition coefficient (Wildman–Crippen LogP) is 1.54. The van der Waals surface area contributed by atoms with Crippen LogP contribution in [0.5, 0.6) is 5.75 Å². The monoisotopic (exact) mass is 162 g/mol. The number of methoxy groups -OCH3 is 1. The first-order valence-electron chi connectivity index (χ1n) is 3.65. The maximum absolute atomic E-state index is 8.17. The Labute approximate surface area is 71.2 Å². The van der Waals surface area contributed by atoms with Gasteiger partial charge in [0.15, 0.2) is 0 Å². The third-order valence-corrected chi connectivity index (χ3v) is 1.57. The van der Waals surface area contributed by atoms with Crippen LogP contribution in [0, 0.1) is 0 Å². The van der Waals surface area contributed by atoms with Crippen molar-refractivity contribution in [2.75, 3.05) is 7.11 Å². The molecule has 1 aromatic rings. The molecule has 0 aliphatic heterocycles. The van der Waals surface area contributed by atoms with E-state index in [-0.39, 0.29) is 0 Å². The van der Waals surface area contributed by atoms with E-state index >= 15 is 0 Å². The Morgan fingerprint density at radius 2 is 2.08 bits per heavy atom. The van der Waals surface area contributed by atoms with Crippen molar-refractivity contribution in [3.63, 3.8) is 0 Å². The number of rotatable bonds is 3. The summed E-state index contributed by atoms with van der Waals surface area (Å²) in [6.45, 7) is 0. The van der Waals surface area contributed by atoms with Crippen LogP contribution in [0.4, 0.5) is 0 Å². The van der Waals surface area contributed by atoms with E-state index in [0.717, 1.165) is 11.3 Å². The summed E-state index contributed by atoms with van der Waals surface area (Å²) in [7, 11) is 1.63. The van der Waals surface area contributed by atoms with E-state index in [1.165, 1.54) is 6.21 Å². The lowest BCUT2D eigenvalue weighted by Crippen LogP contribution is -1.87. The lowest BCUT2D eigenvalue weighted by atomic mass is 10.2. The highest BCUT2D eigenvalue weighted by atomic mass is 16.5. The summed E-state index contributed by atoms with van der Waals surface area (Å²) in [5.74, 6) is 0.833. The molecule has 0 amide bonds. The van der Waals surface area contributed by atoms with Gasteiger partial charge in [-0.1, -0.05) is 12.1 Å². The van der Waals surface area contributed by atoms with Gasteiger partial charge in [0.2, 0.25) is 0 Å².